The van der Waals surface area contributed by atoms with Crippen LogP contribution in [0.15, 0.2) is 12.2 Å². The van der Waals surface area contributed by atoms with Crippen LogP contribution in [0.5, 0.6) is 0 Å². The van der Waals surface area contributed by atoms with E-state index in [2.05, 4.69) is 0 Å². The molecule has 0 aromatic heterocycles. The second kappa shape index (κ2) is 5.83. The molecule has 7 heavy (non-hydrogen) atoms. The number of hydrogen-bond acceptors (Lipinski definition) is 2. The van der Waals surface area contributed by atoms with Gasteiger partial charge in [-0.3, -0.25) is 0 Å². The number of hydrogen-bond donors (Lipinski definition) is 0. The molecule has 0 aliphatic heterocycles. The molecular weight excluding hydrogens is 145 g/mol. The van der Waals surface area contributed by atoms with Crippen molar-refractivity contribution in [2.45, 2.75) is 6.92 Å². The van der Waals surface area contributed by atoms with Crippen molar-refractivity contribution >= 4 is 5.97 Å². The first-order chi connectivity index (χ1) is 2.77. The van der Waals surface area contributed by atoms with Crippen LogP contribution in [0.3, 0.4) is 0 Å². The number of carbonyl (C=O) groups excluding carboxylic acids is 1. The summed E-state index contributed by atoms with van der Waals surface area (Å²) in [6.07, 6.45) is 2.38. The Bertz CT molecular complexity index is 77.8. The third kappa shape index (κ3) is 10.7. The van der Waals surface area contributed by atoms with Gasteiger partial charge < -0.3 is 9.90 Å². The maximum atomic E-state index is 9.40. The maximum absolute atomic E-state index is 9.40. The van der Waals surface area contributed by atoms with Crippen molar-refractivity contribution in [2.75, 3.05) is 0 Å². The van der Waals surface area contributed by atoms with E-state index in [1.807, 2.05) is 0 Å². The van der Waals surface area contributed by atoms with Crippen LogP contribution < -0.4 is 5.11 Å². The number of rotatable bonds is 1. The van der Waals surface area contributed by atoms with E-state index in [0.29, 0.717) is 0 Å². The van der Waals surface area contributed by atoms with E-state index in [-0.39, 0.29) is 19.5 Å². The minimum absolute atomic E-state index is 0. The molecule has 0 aromatic carbocycles. The summed E-state index contributed by atoms with van der Waals surface area (Å²) >= 11 is 0. The van der Waals surface area contributed by atoms with Gasteiger partial charge in [0.25, 0.3) is 0 Å². The largest absolute Gasteiger partial charge is 0.545 e. The van der Waals surface area contributed by atoms with Crippen LogP contribution >= 0.6 is 0 Å². The first kappa shape index (κ1) is 9.95. The quantitative estimate of drug-likeness (QED) is 0.367. The van der Waals surface area contributed by atoms with Crippen LogP contribution in [-0.4, -0.2) is 5.97 Å². The monoisotopic (exact) mass is 149 g/mol. The molecule has 0 aromatic rings. The molecule has 0 amide bonds. The zero-order valence-electron chi connectivity index (χ0n) is 4.18. The van der Waals surface area contributed by atoms with Crippen molar-refractivity contribution in [3.05, 3.63) is 12.2 Å². The molecule has 0 bridgehead atoms. The molecule has 0 radical (unpaired) electrons. The van der Waals surface area contributed by atoms with Crippen molar-refractivity contribution in [3.63, 3.8) is 0 Å². The summed E-state index contributed by atoms with van der Waals surface area (Å²) in [5.74, 6) is -1.14. The summed E-state index contributed by atoms with van der Waals surface area (Å²) in [5.41, 5.74) is 0. The van der Waals surface area contributed by atoms with Crippen molar-refractivity contribution in [1.29, 1.82) is 0 Å². The van der Waals surface area contributed by atoms with Gasteiger partial charge in [0.05, 0.1) is 5.97 Å². The predicted molar refractivity (Wildman–Crippen MR) is 19.8 cm³/mol. The molecule has 0 aliphatic carbocycles. The van der Waals surface area contributed by atoms with Crippen molar-refractivity contribution in [2.24, 2.45) is 0 Å². The number of carbonyl (C=O) groups is 1. The van der Waals surface area contributed by atoms with Gasteiger partial charge in [0.15, 0.2) is 0 Å². The van der Waals surface area contributed by atoms with Gasteiger partial charge in [-0.25, -0.2) is 0 Å². The number of aliphatic carboxylic acids is 1. The van der Waals surface area contributed by atoms with Crippen LogP contribution in [0.25, 0.3) is 0 Å². The molecule has 3 heteroatoms. The normalized spacial score (nSPS) is 8.14. The Morgan fingerprint density at radius 2 is 2.14 bits per heavy atom. The summed E-state index contributed by atoms with van der Waals surface area (Å²) in [5, 5.41) is 9.40. The SMILES string of the molecule is C/C=C\C(=O)[O-].[Zn]. The maximum Gasteiger partial charge on any atom is 0.0639 e. The zero-order chi connectivity index (χ0) is 4.99. The fraction of sp³-hybridized carbons (Fsp3) is 0.250. The minimum atomic E-state index is -1.14. The average molecular weight is 150 g/mol. The third-order valence-corrected chi connectivity index (χ3v) is 0.303. The van der Waals surface area contributed by atoms with Crippen molar-refractivity contribution in [1.82, 2.24) is 0 Å². The Balaban J connectivity index is 0. The van der Waals surface area contributed by atoms with E-state index in [1.165, 1.54) is 6.08 Å². The van der Waals surface area contributed by atoms with Gasteiger partial charge in [0, 0.05) is 19.5 Å². The van der Waals surface area contributed by atoms with Crippen LogP contribution in [-0.2, 0) is 24.3 Å². The Morgan fingerprint density at radius 3 is 2.14 bits per heavy atom. The Kier molecular flexibility index (Phi) is 8.29. The molecule has 0 spiro atoms. The molecule has 0 rings (SSSR count). The third-order valence-electron chi connectivity index (χ3n) is 0.303. The van der Waals surface area contributed by atoms with Crippen molar-refractivity contribution in [3.8, 4) is 0 Å². The fourth-order valence-electron chi connectivity index (χ4n) is 0.136. The molecule has 2 nitrogen and oxygen atoms in total. The van der Waals surface area contributed by atoms with Gasteiger partial charge in [-0.05, 0) is 13.0 Å². The average Bonchev–Trinajstić information content (AvgIpc) is 1.35. The molecular formula is C4H5O2Zn-. The summed E-state index contributed by atoms with van der Waals surface area (Å²) in [6, 6.07) is 0. The van der Waals surface area contributed by atoms with Gasteiger partial charge in [0.2, 0.25) is 0 Å². The topological polar surface area (TPSA) is 40.1 Å². The summed E-state index contributed by atoms with van der Waals surface area (Å²) in [7, 11) is 0. The van der Waals surface area contributed by atoms with Gasteiger partial charge in [-0.2, -0.15) is 0 Å². The molecule has 0 fully saturated rings. The van der Waals surface area contributed by atoms with E-state index in [1.54, 1.807) is 6.92 Å². The van der Waals surface area contributed by atoms with E-state index in [0.717, 1.165) is 6.08 Å². The standard InChI is InChI=1S/C4H6O2.Zn/c1-2-3-4(5)6;/h2-3H,1H3,(H,5,6);/p-1/b3-2-;. The smallest absolute Gasteiger partial charge is 0.0639 e. The van der Waals surface area contributed by atoms with E-state index in [9.17, 15) is 9.90 Å². The Morgan fingerprint density at radius 1 is 1.71 bits per heavy atom. The van der Waals surface area contributed by atoms with Crippen molar-refractivity contribution < 1.29 is 29.4 Å². The first-order valence-corrected chi connectivity index (χ1v) is 1.61. The van der Waals surface area contributed by atoms with E-state index < -0.39 is 5.97 Å². The fourth-order valence-corrected chi connectivity index (χ4v) is 0.136. The number of allylic oxidation sites excluding steroid dienone is 1. The second-order valence-corrected chi connectivity index (χ2v) is 0.819. The van der Waals surface area contributed by atoms with Crippen LogP contribution in [0.1, 0.15) is 6.92 Å². The zero-order valence-corrected chi connectivity index (χ0v) is 7.15. The van der Waals surface area contributed by atoms with Crippen LogP contribution in [0.2, 0.25) is 0 Å². The van der Waals surface area contributed by atoms with Gasteiger partial charge in [-0.1, -0.05) is 6.08 Å². The van der Waals surface area contributed by atoms with Gasteiger partial charge in [-0.15, -0.1) is 0 Å². The predicted octanol–water partition coefficient (Wildman–Crippen LogP) is -0.690. The molecule has 0 N–H and O–H groups in total. The Hall–Kier alpha value is -0.167. The molecule has 0 unspecified atom stereocenters. The van der Waals surface area contributed by atoms with E-state index >= 15 is 0 Å². The molecule has 0 heterocycles. The summed E-state index contributed by atoms with van der Waals surface area (Å²) in [6.45, 7) is 1.62. The first-order valence-electron chi connectivity index (χ1n) is 1.61. The molecule has 0 atom stereocenters. The molecule has 0 saturated carbocycles. The minimum Gasteiger partial charge on any atom is -0.545 e. The van der Waals surface area contributed by atoms with Gasteiger partial charge in [0.1, 0.15) is 0 Å². The Labute approximate surface area is 55.0 Å². The second-order valence-electron chi connectivity index (χ2n) is 0.819. The van der Waals surface area contributed by atoms with Crippen LogP contribution in [0, 0.1) is 0 Å². The number of carboxylic acids is 1. The van der Waals surface area contributed by atoms with E-state index in [4.69, 9.17) is 0 Å². The number of carboxylic acid groups (broad SMARTS) is 1. The summed E-state index contributed by atoms with van der Waals surface area (Å²) in [4.78, 5) is 9.40. The molecule has 0 aliphatic rings. The molecule has 0 saturated heterocycles. The summed E-state index contributed by atoms with van der Waals surface area (Å²) < 4.78 is 0. The van der Waals surface area contributed by atoms with Gasteiger partial charge >= 0.3 is 0 Å². The van der Waals surface area contributed by atoms with Crippen LogP contribution in [0.4, 0.5) is 0 Å². The molecule has 36 valence electrons.